The number of amides is 1. The molecule has 79 heavy (non-hydrogen) atoms. The third-order valence-electron chi connectivity index (χ3n) is 13.0. The molecule has 0 aliphatic heterocycles. The summed E-state index contributed by atoms with van der Waals surface area (Å²) in [5.74, 6) is -0.207. The summed E-state index contributed by atoms with van der Waals surface area (Å²) < 4.78 is 23.7. The number of aliphatic hydroxyl groups is 1. The van der Waals surface area contributed by atoms with Crippen LogP contribution in [0.4, 0.5) is 0 Å². The third kappa shape index (κ3) is 61.6. The van der Waals surface area contributed by atoms with Gasteiger partial charge < -0.3 is 19.8 Å². The van der Waals surface area contributed by atoms with E-state index >= 15 is 0 Å². The first-order valence-electron chi connectivity index (χ1n) is 31.4. The van der Waals surface area contributed by atoms with Gasteiger partial charge >= 0.3 is 7.82 Å². The maximum atomic E-state index is 13.0. The molecular weight excluding hydrogens is 996 g/mol. The fourth-order valence-electron chi connectivity index (χ4n) is 8.14. The number of quaternary nitrogens is 1. The van der Waals surface area contributed by atoms with Crippen LogP contribution in [-0.4, -0.2) is 73.4 Å². The summed E-state index contributed by atoms with van der Waals surface area (Å²) >= 11 is 0. The number of hydrogen-bond acceptors (Lipinski definition) is 5. The zero-order valence-electron chi connectivity index (χ0n) is 51.0. The van der Waals surface area contributed by atoms with Crippen molar-refractivity contribution in [2.75, 3.05) is 40.9 Å². The summed E-state index contributed by atoms with van der Waals surface area (Å²) in [5.41, 5.74) is 0. The second kappa shape index (κ2) is 58.8. The number of hydrogen-bond donors (Lipinski definition) is 3. The van der Waals surface area contributed by atoms with Crippen LogP contribution in [0.15, 0.2) is 158 Å². The molecule has 0 aromatic carbocycles. The van der Waals surface area contributed by atoms with Crippen LogP contribution in [0.25, 0.3) is 0 Å². The standard InChI is InChI=1S/C70H117N2O6P/c1-6-8-10-12-14-16-18-20-22-24-25-26-27-28-29-30-31-32-33-34-35-36-37-38-39-40-41-42-43-44-45-46-47-48-50-52-54-56-58-60-62-64-70(74)71-68(67-78-79(75,76)77-66-65-72(3,4)5)69(73)63-61-59-57-55-53-51-49-23-21-19-17-15-13-11-9-7-2/h8,10,14,16,20,22,25-26,28-29,31-32,34-35,37-38,40-41,43-44,46-47,50,52,61,63,68-69,73H,6-7,9,11-13,15,17-19,21,23-24,27,30,33,36,39,42,45,48-49,51,53-60,62,64-67H2,1-5H3,(H-,71,74,75,76)/p+1/b10-8-,16-14-,22-20-,26-25-,29-28-,32-31-,35-34-,38-37-,41-40-,44-43-,47-46-,52-50-,63-61+. The van der Waals surface area contributed by atoms with Crippen LogP contribution in [0.3, 0.4) is 0 Å². The molecule has 0 heterocycles. The highest BCUT2D eigenvalue weighted by Crippen LogP contribution is 2.43. The van der Waals surface area contributed by atoms with Gasteiger partial charge in [0.1, 0.15) is 13.2 Å². The summed E-state index contributed by atoms with van der Waals surface area (Å²) in [5, 5.41) is 13.9. The third-order valence-corrected chi connectivity index (χ3v) is 14.0. The van der Waals surface area contributed by atoms with Gasteiger partial charge in [0.05, 0.1) is 39.9 Å². The SMILES string of the molecule is CC/C=C\C/C=C\C/C=C\C/C=C\C/C=C\C/C=C\C/C=C\C/C=C\C/C=C\C/C=C\C/C=C\C/C=C\CCCCCCC(=O)NC(COP(=O)(O)OCC[N+](C)(C)C)C(O)/C=C/CCCCCCCCCCCCCCCC. The molecule has 0 aliphatic rings. The summed E-state index contributed by atoms with van der Waals surface area (Å²) in [6.45, 7) is 4.67. The molecule has 0 aliphatic carbocycles. The normalized spacial score (nSPS) is 14.9. The average molecular weight is 1110 g/mol. The Labute approximate surface area is 486 Å². The van der Waals surface area contributed by atoms with E-state index in [1.54, 1.807) is 6.08 Å². The van der Waals surface area contributed by atoms with Crippen LogP contribution >= 0.6 is 7.82 Å². The topological polar surface area (TPSA) is 105 Å². The molecule has 8 nitrogen and oxygen atoms in total. The highest BCUT2D eigenvalue weighted by atomic mass is 31.2. The number of carbonyl (C=O) groups is 1. The van der Waals surface area contributed by atoms with Gasteiger partial charge in [-0.3, -0.25) is 13.8 Å². The fourth-order valence-corrected chi connectivity index (χ4v) is 8.88. The van der Waals surface area contributed by atoms with Crippen LogP contribution < -0.4 is 5.32 Å². The molecule has 448 valence electrons. The lowest BCUT2D eigenvalue weighted by Gasteiger charge is -2.25. The Bertz CT molecular complexity index is 1840. The van der Waals surface area contributed by atoms with Crippen molar-refractivity contribution >= 4 is 13.7 Å². The molecule has 0 rings (SSSR count). The Kier molecular flexibility index (Phi) is 55.9. The predicted molar refractivity (Wildman–Crippen MR) is 345 cm³/mol. The fraction of sp³-hybridized carbons (Fsp3) is 0.614. The van der Waals surface area contributed by atoms with Crippen LogP contribution in [0.2, 0.25) is 0 Å². The Hall–Kier alpha value is -3.88. The number of unbranched alkanes of at least 4 members (excludes halogenated alkanes) is 18. The lowest BCUT2D eigenvalue weighted by atomic mass is 10.0. The number of phosphoric acid groups is 1. The van der Waals surface area contributed by atoms with E-state index in [1.165, 1.54) is 77.0 Å². The molecule has 3 atom stereocenters. The lowest BCUT2D eigenvalue weighted by Crippen LogP contribution is -2.45. The molecule has 0 bridgehead atoms. The van der Waals surface area contributed by atoms with Crippen molar-refractivity contribution in [1.29, 1.82) is 0 Å². The minimum Gasteiger partial charge on any atom is -0.387 e. The lowest BCUT2D eigenvalue weighted by molar-refractivity contribution is -0.870. The Morgan fingerprint density at radius 3 is 1.11 bits per heavy atom. The molecule has 3 N–H and O–H groups in total. The van der Waals surface area contributed by atoms with Crippen molar-refractivity contribution in [1.82, 2.24) is 5.32 Å². The van der Waals surface area contributed by atoms with Gasteiger partial charge in [0, 0.05) is 6.42 Å². The number of nitrogens with zero attached hydrogens (tertiary/aromatic N) is 1. The smallest absolute Gasteiger partial charge is 0.387 e. The van der Waals surface area contributed by atoms with Gasteiger partial charge in [0.2, 0.25) is 5.91 Å². The number of rotatable bonds is 55. The molecule has 0 aromatic rings. The number of allylic oxidation sites excluding steroid dienone is 25. The molecular formula is C70H118N2O6P+. The molecule has 0 radical (unpaired) electrons. The Morgan fingerprint density at radius 2 is 0.759 bits per heavy atom. The number of carbonyl (C=O) groups excluding carboxylic acids is 1. The number of likely N-dealkylation sites (N-methyl/N-ethyl adjacent to an activating group) is 1. The van der Waals surface area contributed by atoms with E-state index in [2.05, 4.69) is 165 Å². The van der Waals surface area contributed by atoms with E-state index in [9.17, 15) is 19.4 Å². The summed E-state index contributed by atoms with van der Waals surface area (Å²) in [6.07, 6.45) is 92.1. The van der Waals surface area contributed by atoms with Gasteiger partial charge in [0.15, 0.2) is 0 Å². The van der Waals surface area contributed by atoms with Crippen LogP contribution in [0, 0.1) is 0 Å². The summed E-state index contributed by atoms with van der Waals surface area (Å²) in [7, 11) is 1.53. The van der Waals surface area contributed by atoms with E-state index in [1.807, 2.05) is 27.2 Å². The number of phosphoric ester groups is 1. The van der Waals surface area contributed by atoms with E-state index < -0.39 is 20.0 Å². The van der Waals surface area contributed by atoms with Gasteiger partial charge in [-0.05, 0) is 109 Å². The van der Waals surface area contributed by atoms with Crippen LogP contribution in [0.5, 0.6) is 0 Å². The number of nitrogens with one attached hydrogen (secondary N) is 1. The summed E-state index contributed by atoms with van der Waals surface area (Å²) in [4.78, 5) is 23.3. The van der Waals surface area contributed by atoms with Crippen molar-refractivity contribution in [3.63, 3.8) is 0 Å². The van der Waals surface area contributed by atoms with Gasteiger partial charge in [0.25, 0.3) is 0 Å². The molecule has 0 spiro atoms. The zero-order valence-corrected chi connectivity index (χ0v) is 51.9. The van der Waals surface area contributed by atoms with Gasteiger partial charge in [-0.2, -0.15) is 0 Å². The molecule has 0 saturated heterocycles. The minimum absolute atomic E-state index is 0.0482. The van der Waals surface area contributed by atoms with Crippen LogP contribution in [0.1, 0.15) is 226 Å². The second-order valence-electron chi connectivity index (χ2n) is 21.7. The van der Waals surface area contributed by atoms with Gasteiger partial charge in [-0.25, -0.2) is 4.57 Å². The highest BCUT2D eigenvalue weighted by molar-refractivity contribution is 7.47. The average Bonchev–Trinajstić information content (AvgIpc) is 3.42. The van der Waals surface area contributed by atoms with E-state index in [4.69, 9.17) is 9.05 Å². The Morgan fingerprint density at radius 1 is 0.443 bits per heavy atom. The molecule has 3 unspecified atom stereocenters. The first-order valence-corrected chi connectivity index (χ1v) is 32.9. The molecule has 1 amide bonds. The molecule has 0 aromatic heterocycles. The van der Waals surface area contributed by atoms with Crippen molar-refractivity contribution in [2.24, 2.45) is 0 Å². The first kappa shape index (κ1) is 75.1. The van der Waals surface area contributed by atoms with E-state index in [0.717, 1.165) is 128 Å². The van der Waals surface area contributed by atoms with Crippen molar-refractivity contribution in [2.45, 2.75) is 238 Å². The van der Waals surface area contributed by atoms with E-state index in [-0.39, 0.29) is 19.1 Å². The molecule has 0 fully saturated rings. The summed E-state index contributed by atoms with van der Waals surface area (Å²) in [6, 6.07) is -0.872. The maximum absolute atomic E-state index is 13.0. The van der Waals surface area contributed by atoms with Crippen molar-refractivity contribution < 1.29 is 32.9 Å². The van der Waals surface area contributed by atoms with Crippen LogP contribution in [-0.2, 0) is 18.4 Å². The van der Waals surface area contributed by atoms with E-state index in [0.29, 0.717) is 17.4 Å². The quantitative estimate of drug-likeness (QED) is 0.0243. The van der Waals surface area contributed by atoms with Crippen molar-refractivity contribution in [3.05, 3.63) is 158 Å². The van der Waals surface area contributed by atoms with Gasteiger partial charge in [-0.1, -0.05) is 268 Å². The zero-order chi connectivity index (χ0) is 57.7. The second-order valence-corrected chi connectivity index (χ2v) is 23.2. The maximum Gasteiger partial charge on any atom is 0.472 e. The molecule has 0 saturated carbocycles. The highest BCUT2D eigenvalue weighted by Gasteiger charge is 2.27. The Balaban J connectivity index is 4.22. The monoisotopic (exact) mass is 1110 g/mol. The largest absolute Gasteiger partial charge is 0.472 e. The minimum atomic E-state index is -4.37. The predicted octanol–water partition coefficient (Wildman–Crippen LogP) is 19.8. The van der Waals surface area contributed by atoms with Crippen molar-refractivity contribution in [3.8, 4) is 0 Å². The first-order chi connectivity index (χ1) is 38.5. The molecule has 9 heteroatoms. The van der Waals surface area contributed by atoms with Gasteiger partial charge in [-0.15, -0.1) is 0 Å². The number of aliphatic hydroxyl groups excluding tert-OH is 1.